The van der Waals surface area contributed by atoms with E-state index < -0.39 is 0 Å². The first-order valence-corrected chi connectivity index (χ1v) is 6.02. The van der Waals surface area contributed by atoms with Crippen LogP contribution in [0.4, 0.5) is 0 Å². The summed E-state index contributed by atoms with van der Waals surface area (Å²) in [6.45, 7) is 5.00. The van der Waals surface area contributed by atoms with Gasteiger partial charge in [0.2, 0.25) is 0 Å². The van der Waals surface area contributed by atoms with Gasteiger partial charge < -0.3 is 5.11 Å². The molecule has 3 nitrogen and oxygen atoms in total. The molecule has 1 saturated heterocycles. The van der Waals surface area contributed by atoms with Crippen LogP contribution in [0, 0.1) is 6.92 Å². The van der Waals surface area contributed by atoms with Gasteiger partial charge in [0.05, 0.1) is 0 Å². The minimum atomic E-state index is 0.384. The van der Waals surface area contributed by atoms with Crippen molar-refractivity contribution in [2.45, 2.75) is 32.7 Å². The maximum absolute atomic E-state index is 9.71. The highest BCUT2D eigenvalue weighted by Crippen LogP contribution is 2.18. The summed E-state index contributed by atoms with van der Waals surface area (Å²) in [6.07, 6.45) is 3.88. The average Bonchev–Trinajstić information content (AvgIpc) is 2.32. The summed E-state index contributed by atoms with van der Waals surface area (Å²) in [5, 5.41) is 12.0. The van der Waals surface area contributed by atoms with Crippen LogP contribution in [0.5, 0.6) is 5.75 Å². The van der Waals surface area contributed by atoms with Crippen molar-refractivity contribution in [2.75, 3.05) is 13.1 Å². The number of aromatic hydroxyl groups is 1. The third kappa shape index (κ3) is 2.97. The molecule has 88 valence electrons. The van der Waals surface area contributed by atoms with Gasteiger partial charge in [-0.25, -0.2) is 5.01 Å². The Balaban J connectivity index is 1.90. The first kappa shape index (κ1) is 11.4. The minimum Gasteiger partial charge on any atom is -0.508 e. The molecule has 2 rings (SSSR count). The molecular weight excluding hydrogens is 200 g/mol. The monoisotopic (exact) mass is 220 g/mol. The van der Waals surface area contributed by atoms with Crippen LogP contribution in [0.25, 0.3) is 0 Å². The van der Waals surface area contributed by atoms with Crippen LogP contribution in [0.1, 0.15) is 30.4 Å². The normalized spacial score (nSPS) is 17.6. The lowest BCUT2D eigenvalue weighted by atomic mass is 10.1. The van der Waals surface area contributed by atoms with Crippen LogP contribution >= 0.6 is 0 Å². The molecule has 1 aliphatic rings. The maximum Gasteiger partial charge on any atom is 0.120 e. The summed E-state index contributed by atoms with van der Waals surface area (Å²) in [5.74, 6) is 0.384. The topological polar surface area (TPSA) is 35.5 Å². The van der Waals surface area contributed by atoms with Crippen LogP contribution in [-0.2, 0) is 6.54 Å². The molecule has 0 saturated carbocycles. The lowest BCUT2D eigenvalue weighted by Gasteiger charge is -2.27. The van der Waals surface area contributed by atoms with Crippen molar-refractivity contribution in [1.29, 1.82) is 0 Å². The molecule has 2 N–H and O–H groups in total. The molecule has 0 bridgehead atoms. The van der Waals surface area contributed by atoms with Gasteiger partial charge in [-0.05, 0) is 25.8 Å². The van der Waals surface area contributed by atoms with Gasteiger partial charge >= 0.3 is 0 Å². The summed E-state index contributed by atoms with van der Waals surface area (Å²) in [7, 11) is 0. The van der Waals surface area contributed by atoms with E-state index in [1.807, 2.05) is 19.1 Å². The number of hydrogen-bond donors (Lipinski definition) is 2. The molecule has 0 radical (unpaired) electrons. The van der Waals surface area contributed by atoms with Gasteiger partial charge in [0.15, 0.2) is 0 Å². The van der Waals surface area contributed by atoms with Gasteiger partial charge in [-0.15, -0.1) is 0 Å². The first-order valence-electron chi connectivity index (χ1n) is 6.02. The van der Waals surface area contributed by atoms with Crippen molar-refractivity contribution in [3.05, 3.63) is 29.3 Å². The maximum atomic E-state index is 9.71. The zero-order valence-electron chi connectivity index (χ0n) is 9.87. The van der Waals surface area contributed by atoms with Crippen molar-refractivity contribution < 1.29 is 5.11 Å². The third-order valence-electron chi connectivity index (χ3n) is 3.08. The Morgan fingerprint density at radius 3 is 2.75 bits per heavy atom. The molecule has 1 fully saturated rings. The molecule has 0 aromatic heterocycles. The van der Waals surface area contributed by atoms with Crippen molar-refractivity contribution in [3.8, 4) is 5.75 Å². The molecule has 16 heavy (non-hydrogen) atoms. The lowest BCUT2D eigenvalue weighted by Crippen LogP contribution is -2.41. The molecule has 0 spiro atoms. The van der Waals surface area contributed by atoms with Crippen LogP contribution in [0.3, 0.4) is 0 Å². The summed E-state index contributed by atoms with van der Waals surface area (Å²) in [6, 6.07) is 5.73. The molecule has 0 atom stereocenters. The van der Waals surface area contributed by atoms with E-state index >= 15 is 0 Å². The second kappa shape index (κ2) is 5.32. The number of phenols is 1. The molecule has 0 unspecified atom stereocenters. The van der Waals surface area contributed by atoms with Crippen LogP contribution in [0.15, 0.2) is 18.2 Å². The highest BCUT2D eigenvalue weighted by molar-refractivity contribution is 5.35. The van der Waals surface area contributed by atoms with E-state index in [9.17, 15) is 5.11 Å². The summed E-state index contributed by atoms with van der Waals surface area (Å²) >= 11 is 0. The Morgan fingerprint density at radius 1 is 1.25 bits per heavy atom. The van der Waals surface area contributed by atoms with Crippen LogP contribution in [0.2, 0.25) is 0 Å². The quantitative estimate of drug-likeness (QED) is 0.819. The summed E-state index contributed by atoms with van der Waals surface area (Å²) < 4.78 is 0. The molecule has 1 aromatic rings. The Morgan fingerprint density at radius 2 is 2.00 bits per heavy atom. The van der Waals surface area contributed by atoms with E-state index in [0.717, 1.165) is 18.7 Å². The number of phenolic OH excluding ortho intramolecular Hbond substituents is 1. The molecule has 3 heteroatoms. The standard InChI is InChI=1S/C13H20N2O/c1-11-5-6-13(16)12(9-11)10-14-15-7-3-2-4-8-15/h5-6,9,14,16H,2-4,7-8,10H2,1H3. The molecule has 1 aromatic carbocycles. The predicted molar refractivity (Wildman–Crippen MR) is 65.1 cm³/mol. The van der Waals surface area contributed by atoms with Crippen LogP contribution in [-0.4, -0.2) is 23.2 Å². The second-order valence-electron chi connectivity index (χ2n) is 4.51. The molecule has 1 heterocycles. The van der Waals surface area contributed by atoms with Gasteiger partial charge in [-0.1, -0.05) is 24.1 Å². The number of nitrogens with zero attached hydrogens (tertiary/aromatic N) is 1. The fraction of sp³-hybridized carbons (Fsp3) is 0.538. The number of piperidine rings is 1. The lowest BCUT2D eigenvalue weighted by molar-refractivity contribution is 0.150. The van der Waals surface area contributed by atoms with Crippen molar-refractivity contribution >= 4 is 0 Å². The zero-order valence-corrected chi connectivity index (χ0v) is 9.87. The number of aryl methyl sites for hydroxylation is 1. The Labute approximate surface area is 97.1 Å². The fourth-order valence-electron chi connectivity index (χ4n) is 2.10. The molecule has 0 aliphatic carbocycles. The van der Waals surface area contributed by atoms with Gasteiger partial charge in [-0.3, -0.25) is 5.43 Å². The van der Waals surface area contributed by atoms with Gasteiger partial charge in [0, 0.05) is 25.2 Å². The van der Waals surface area contributed by atoms with E-state index in [1.165, 1.54) is 24.8 Å². The fourth-order valence-corrected chi connectivity index (χ4v) is 2.10. The summed E-state index contributed by atoms with van der Waals surface area (Å²) in [4.78, 5) is 0. The number of benzene rings is 1. The van der Waals surface area contributed by atoms with E-state index in [4.69, 9.17) is 0 Å². The minimum absolute atomic E-state index is 0.384. The Hall–Kier alpha value is -1.06. The molecule has 0 amide bonds. The second-order valence-corrected chi connectivity index (χ2v) is 4.51. The van der Waals surface area contributed by atoms with Crippen molar-refractivity contribution in [2.24, 2.45) is 0 Å². The van der Waals surface area contributed by atoms with E-state index in [0.29, 0.717) is 12.3 Å². The van der Waals surface area contributed by atoms with Gasteiger partial charge in [0.1, 0.15) is 5.75 Å². The van der Waals surface area contributed by atoms with E-state index in [1.54, 1.807) is 6.07 Å². The van der Waals surface area contributed by atoms with E-state index in [-0.39, 0.29) is 0 Å². The summed E-state index contributed by atoms with van der Waals surface area (Å²) in [5.41, 5.74) is 5.54. The zero-order chi connectivity index (χ0) is 11.4. The number of hydrazine groups is 1. The highest BCUT2D eigenvalue weighted by Gasteiger charge is 2.10. The van der Waals surface area contributed by atoms with Crippen molar-refractivity contribution in [1.82, 2.24) is 10.4 Å². The number of hydrogen-bond acceptors (Lipinski definition) is 3. The largest absolute Gasteiger partial charge is 0.508 e. The smallest absolute Gasteiger partial charge is 0.120 e. The predicted octanol–water partition coefficient (Wildman–Crippen LogP) is 2.19. The molecular formula is C13H20N2O. The SMILES string of the molecule is Cc1ccc(O)c(CNN2CCCCC2)c1. The van der Waals surface area contributed by atoms with Crippen LogP contribution < -0.4 is 5.43 Å². The molecule has 1 aliphatic heterocycles. The van der Waals surface area contributed by atoms with Gasteiger partial charge in [-0.2, -0.15) is 0 Å². The Bertz CT molecular complexity index is 346. The highest BCUT2D eigenvalue weighted by atomic mass is 16.3. The number of rotatable bonds is 3. The Kier molecular flexibility index (Phi) is 3.80. The van der Waals surface area contributed by atoms with Gasteiger partial charge in [0.25, 0.3) is 0 Å². The van der Waals surface area contributed by atoms with Crippen molar-refractivity contribution in [3.63, 3.8) is 0 Å². The first-order chi connectivity index (χ1) is 7.75. The number of nitrogens with one attached hydrogen (secondary N) is 1. The third-order valence-corrected chi connectivity index (χ3v) is 3.08. The van der Waals surface area contributed by atoms with E-state index in [2.05, 4.69) is 10.4 Å². The average molecular weight is 220 g/mol.